The van der Waals surface area contributed by atoms with Crippen molar-refractivity contribution in [3.05, 3.63) is 58.6 Å². The highest BCUT2D eigenvalue weighted by atomic mass is 35.5. The van der Waals surface area contributed by atoms with Gasteiger partial charge in [-0.1, -0.05) is 23.7 Å². The van der Waals surface area contributed by atoms with Gasteiger partial charge in [0.05, 0.1) is 19.9 Å². The molecule has 0 aliphatic carbocycles. The molecule has 1 fully saturated rings. The van der Waals surface area contributed by atoms with E-state index in [9.17, 15) is 0 Å². The van der Waals surface area contributed by atoms with Crippen molar-refractivity contribution < 1.29 is 9.47 Å². The zero-order chi connectivity index (χ0) is 19.2. The minimum Gasteiger partial charge on any atom is -0.493 e. The average molecular weight is 388 g/mol. The van der Waals surface area contributed by atoms with E-state index in [0.29, 0.717) is 0 Å². The van der Waals surface area contributed by atoms with E-state index in [0.717, 1.165) is 60.5 Å². The summed E-state index contributed by atoms with van der Waals surface area (Å²) in [6.45, 7) is 6.79. The molecule has 0 amide bonds. The lowest BCUT2D eigenvalue weighted by atomic mass is 10.1. The van der Waals surface area contributed by atoms with Gasteiger partial charge in [0.25, 0.3) is 0 Å². The topological polar surface area (TPSA) is 37.3 Å². The maximum absolute atomic E-state index is 5.96. The first kappa shape index (κ1) is 19.5. The van der Waals surface area contributed by atoms with Crippen molar-refractivity contribution in [1.82, 2.24) is 9.91 Å². The first-order valence-electron chi connectivity index (χ1n) is 9.08. The smallest absolute Gasteiger partial charge is 0.161 e. The van der Waals surface area contributed by atoms with Gasteiger partial charge in [-0.3, -0.25) is 9.91 Å². The van der Waals surface area contributed by atoms with Crippen molar-refractivity contribution in [2.24, 2.45) is 5.10 Å². The van der Waals surface area contributed by atoms with Crippen LogP contribution in [0.25, 0.3) is 0 Å². The molecule has 0 saturated carbocycles. The summed E-state index contributed by atoms with van der Waals surface area (Å²) >= 11 is 5.96. The van der Waals surface area contributed by atoms with Crippen LogP contribution in [0.15, 0.2) is 47.6 Å². The molecule has 2 aromatic carbocycles. The number of methoxy groups -OCH3 is 2. The van der Waals surface area contributed by atoms with E-state index < -0.39 is 0 Å². The van der Waals surface area contributed by atoms with Crippen LogP contribution in [0.3, 0.4) is 0 Å². The lowest BCUT2D eigenvalue weighted by Gasteiger charge is -2.33. The van der Waals surface area contributed by atoms with Crippen molar-refractivity contribution in [3.8, 4) is 11.5 Å². The predicted molar refractivity (Wildman–Crippen MR) is 110 cm³/mol. The largest absolute Gasteiger partial charge is 0.493 e. The second-order valence-corrected chi connectivity index (χ2v) is 7.05. The molecule has 144 valence electrons. The van der Waals surface area contributed by atoms with E-state index in [1.807, 2.05) is 37.3 Å². The fraction of sp³-hybridized carbons (Fsp3) is 0.381. The van der Waals surface area contributed by atoms with E-state index in [2.05, 4.69) is 22.0 Å². The Morgan fingerprint density at radius 2 is 1.63 bits per heavy atom. The average Bonchev–Trinajstić information content (AvgIpc) is 2.70. The molecule has 6 heteroatoms. The maximum Gasteiger partial charge on any atom is 0.161 e. The maximum atomic E-state index is 5.96. The number of piperazine rings is 1. The number of ether oxygens (including phenoxy) is 2. The SMILES string of the molecule is COc1ccc(/C(C)=N/N2CCN(Cc3ccc(Cl)cc3)CC2)cc1OC. The molecule has 1 aliphatic rings. The fourth-order valence-corrected chi connectivity index (χ4v) is 3.30. The quantitative estimate of drug-likeness (QED) is 0.704. The molecule has 0 atom stereocenters. The summed E-state index contributed by atoms with van der Waals surface area (Å²) in [6.07, 6.45) is 0. The molecule has 1 aliphatic heterocycles. The van der Waals surface area contributed by atoms with Crippen LogP contribution in [0.2, 0.25) is 5.02 Å². The lowest BCUT2D eigenvalue weighted by molar-refractivity contribution is 0.130. The van der Waals surface area contributed by atoms with Crippen molar-refractivity contribution in [3.63, 3.8) is 0 Å². The van der Waals surface area contributed by atoms with E-state index in [4.69, 9.17) is 26.2 Å². The second kappa shape index (κ2) is 9.11. The summed E-state index contributed by atoms with van der Waals surface area (Å²) in [5, 5.41) is 7.72. The van der Waals surface area contributed by atoms with E-state index in [-0.39, 0.29) is 0 Å². The summed E-state index contributed by atoms with van der Waals surface area (Å²) in [5.41, 5.74) is 3.30. The summed E-state index contributed by atoms with van der Waals surface area (Å²) in [7, 11) is 3.29. The van der Waals surface area contributed by atoms with Gasteiger partial charge in [-0.15, -0.1) is 0 Å². The normalized spacial score (nSPS) is 15.7. The summed E-state index contributed by atoms with van der Waals surface area (Å²) in [4.78, 5) is 2.45. The third-order valence-corrected chi connectivity index (χ3v) is 5.01. The van der Waals surface area contributed by atoms with Crippen LogP contribution in [0, 0.1) is 0 Å². The lowest BCUT2D eigenvalue weighted by Crippen LogP contribution is -2.43. The Morgan fingerprint density at radius 1 is 0.963 bits per heavy atom. The van der Waals surface area contributed by atoms with Gasteiger partial charge < -0.3 is 9.47 Å². The van der Waals surface area contributed by atoms with Crippen molar-refractivity contribution in [2.75, 3.05) is 40.4 Å². The van der Waals surface area contributed by atoms with Gasteiger partial charge >= 0.3 is 0 Å². The molecular weight excluding hydrogens is 362 g/mol. The predicted octanol–water partition coefficient (Wildman–Crippen LogP) is 3.90. The van der Waals surface area contributed by atoms with Crippen LogP contribution in [-0.2, 0) is 6.54 Å². The molecule has 3 rings (SSSR count). The first-order valence-corrected chi connectivity index (χ1v) is 9.46. The van der Waals surface area contributed by atoms with Gasteiger partial charge in [0, 0.05) is 43.3 Å². The molecule has 1 heterocycles. The van der Waals surface area contributed by atoms with Crippen LogP contribution < -0.4 is 9.47 Å². The van der Waals surface area contributed by atoms with Crippen LogP contribution in [0.1, 0.15) is 18.1 Å². The highest BCUT2D eigenvalue weighted by molar-refractivity contribution is 6.30. The third kappa shape index (κ3) is 5.15. The molecule has 2 aromatic rings. The van der Waals surface area contributed by atoms with Gasteiger partial charge in [0.15, 0.2) is 11.5 Å². The molecule has 0 unspecified atom stereocenters. The molecule has 0 radical (unpaired) electrons. The molecule has 27 heavy (non-hydrogen) atoms. The van der Waals surface area contributed by atoms with Crippen LogP contribution in [0.4, 0.5) is 0 Å². The fourth-order valence-electron chi connectivity index (χ4n) is 3.17. The van der Waals surface area contributed by atoms with E-state index in [1.54, 1.807) is 14.2 Å². The Bertz CT molecular complexity index is 785. The number of hydrazone groups is 1. The third-order valence-electron chi connectivity index (χ3n) is 4.76. The van der Waals surface area contributed by atoms with Crippen molar-refractivity contribution in [2.45, 2.75) is 13.5 Å². The van der Waals surface area contributed by atoms with Crippen LogP contribution >= 0.6 is 11.6 Å². The summed E-state index contributed by atoms with van der Waals surface area (Å²) in [5.74, 6) is 1.45. The number of hydrogen-bond donors (Lipinski definition) is 0. The second-order valence-electron chi connectivity index (χ2n) is 6.61. The Morgan fingerprint density at radius 3 is 2.26 bits per heavy atom. The Hall–Kier alpha value is -2.24. The number of benzene rings is 2. The number of nitrogens with zero attached hydrogens (tertiary/aromatic N) is 3. The highest BCUT2D eigenvalue weighted by Gasteiger charge is 2.16. The minimum absolute atomic E-state index is 0.720. The van der Waals surface area contributed by atoms with Gasteiger partial charge in [-0.05, 0) is 42.8 Å². The van der Waals surface area contributed by atoms with Gasteiger partial charge in [-0.25, -0.2) is 0 Å². The molecular formula is C21H26ClN3O2. The van der Waals surface area contributed by atoms with E-state index in [1.165, 1.54) is 5.56 Å². The Kier molecular flexibility index (Phi) is 6.58. The number of rotatable bonds is 6. The highest BCUT2D eigenvalue weighted by Crippen LogP contribution is 2.28. The molecule has 1 saturated heterocycles. The van der Waals surface area contributed by atoms with Gasteiger partial charge in [0.2, 0.25) is 0 Å². The minimum atomic E-state index is 0.720. The number of halogens is 1. The number of hydrogen-bond acceptors (Lipinski definition) is 5. The standard InChI is InChI=1S/C21H26ClN3O2/c1-16(18-6-9-20(26-2)21(14-18)27-3)23-25-12-10-24(11-13-25)15-17-4-7-19(22)8-5-17/h4-9,14H,10-13,15H2,1-3H3/b23-16+. The summed E-state index contributed by atoms with van der Waals surface area (Å²) < 4.78 is 10.7. The molecule has 0 aromatic heterocycles. The molecule has 5 nitrogen and oxygen atoms in total. The van der Waals surface area contributed by atoms with Gasteiger partial charge in [0.1, 0.15) is 0 Å². The van der Waals surface area contributed by atoms with Crippen LogP contribution in [0.5, 0.6) is 11.5 Å². The Labute approximate surface area is 166 Å². The van der Waals surface area contributed by atoms with Crippen LogP contribution in [-0.4, -0.2) is 56.0 Å². The summed E-state index contributed by atoms with van der Waals surface area (Å²) in [6, 6.07) is 14.0. The van der Waals surface area contributed by atoms with Crippen molar-refractivity contribution in [1.29, 1.82) is 0 Å². The zero-order valence-electron chi connectivity index (χ0n) is 16.1. The molecule has 0 bridgehead atoms. The first-order chi connectivity index (χ1) is 13.1. The van der Waals surface area contributed by atoms with Gasteiger partial charge in [-0.2, -0.15) is 5.10 Å². The zero-order valence-corrected chi connectivity index (χ0v) is 16.9. The van der Waals surface area contributed by atoms with Crippen molar-refractivity contribution >= 4 is 17.3 Å². The monoisotopic (exact) mass is 387 g/mol. The molecule has 0 N–H and O–H groups in total. The Balaban J connectivity index is 1.58. The molecule has 0 spiro atoms. The van der Waals surface area contributed by atoms with E-state index >= 15 is 0 Å².